The van der Waals surface area contributed by atoms with Crippen LogP contribution < -0.4 is 10.1 Å². The molecule has 0 aliphatic rings. The van der Waals surface area contributed by atoms with Crippen LogP contribution >= 0.6 is 0 Å². The van der Waals surface area contributed by atoms with E-state index in [0.717, 1.165) is 25.7 Å². The topological polar surface area (TPSA) is 71.3 Å². The number of unbranched alkanes of at least 4 members (excludes halogenated alkanes) is 2. The minimum atomic E-state index is -0.900. The van der Waals surface area contributed by atoms with Crippen molar-refractivity contribution in [2.75, 3.05) is 11.9 Å². The molecule has 144 valence electrons. The number of carbonyl (C=O) groups is 1. The highest BCUT2D eigenvalue weighted by molar-refractivity contribution is 5.98. The van der Waals surface area contributed by atoms with E-state index in [1.807, 2.05) is 27.7 Å². The molecular formula is C21H32N2O3. The molecule has 0 aliphatic heterocycles. The Morgan fingerprint density at radius 2 is 2.04 bits per heavy atom. The summed E-state index contributed by atoms with van der Waals surface area (Å²) in [7, 11) is 0. The predicted molar refractivity (Wildman–Crippen MR) is 104 cm³/mol. The van der Waals surface area contributed by atoms with Gasteiger partial charge < -0.3 is 14.8 Å². The second-order valence-electron chi connectivity index (χ2n) is 6.73. The van der Waals surface area contributed by atoms with Crippen LogP contribution in [0.3, 0.4) is 0 Å². The van der Waals surface area contributed by atoms with Crippen molar-refractivity contribution >= 4 is 11.6 Å². The van der Waals surface area contributed by atoms with Gasteiger partial charge in [-0.25, -0.2) is 0 Å². The lowest BCUT2D eigenvalue weighted by Gasteiger charge is -2.28. The van der Waals surface area contributed by atoms with Crippen molar-refractivity contribution in [3.8, 4) is 11.8 Å². The molecule has 26 heavy (non-hydrogen) atoms. The molecule has 1 amide bonds. The quantitative estimate of drug-likeness (QED) is 0.561. The van der Waals surface area contributed by atoms with Crippen LogP contribution in [0.4, 0.5) is 5.69 Å². The molecule has 0 heterocycles. The van der Waals surface area contributed by atoms with Gasteiger partial charge in [0.25, 0.3) is 5.91 Å². The van der Waals surface area contributed by atoms with Gasteiger partial charge in [-0.05, 0) is 45.7 Å². The van der Waals surface area contributed by atoms with Gasteiger partial charge in [0.15, 0.2) is 0 Å². The molecule has 2 atom stereocenters. The second kappa shape index (κ2) is 10.8. The van der Waals surface area contributed by atoms with Gasteiger partial charge in [0, 0.05) is 12.7 Å². The highest BCUT2D eigenvalue weighted by atomic mass is 16.5. The predicted octanol–water partition coefficient (Wildman–Crippen LogP) is 5.05. The van der Waals surface area contributed by atoms with Gasteiger partial charge >= 0.3 is 0 Å². The molecule has 0 bridgehead atoms. The summed E-state index contributed by atoms with van der Waals surface area (Å²) in [5, 5.41) is 12.3. The maximum Gasteiger partial charge on any atom is 0.256 e. The number of ether oxygens (including phenoxy) is 2. The summed E-state index contributed by atoms with van der Waals surface area (Å²) in [6, 6.07) is 7.29. The molecule has 0 aromatic heterocycles. The zero-order valence-electron chi connectivity index (χ0n) is 16.7. The van der Waals surface area contributed by atoms with E-state index in [1.54, 1.807) is 18.2 Å². The third-order valence-corrected chi connectivity index (χ3v) is 4.47. The van der Waals surface area contributed by atoms with Gasteiger partial charge in [-0.15, -0.1) is 0 Å². The molecule has 5 heteroatoms. The number of rotatable bonds is 11. The van der Waals surface area contributed by atoms with E-state index in [2.05, 4.69) is 18.3 Å². The number of nitriles is 1. The number of benzene rings is 1. The molecular weight excluding hydrogens is 328 g/mol. The highest BCUT2D eigenvalue weighted by Gasteiger charge is 2.33. The van der Waals surface area contributed by atoms with Crippen LogP contribution in [0, 0.1) is 11.3 Å². The monoisotopic (exact) mass is 360 g/mol. The summed E-state index contributed by atoms with van der Waals surface area (Å²) in [5.74, 6) is 0.409. The molecule has 5 nitrogen and oxygen atoms in total. The molecule has 0 radical (unpaired) electrons. The van der Waals surface area contributed by atoms with Crippen molar-refractivity contribution in [3.63, 3.8) is 0 Å². The van der Waals surface area contributed by atoms with E-state index in [0.29, 0.717) is 30.0 Å². The Hall–Kier alpha value is -2.06. The first kappa shape index (κ1) is 22.0. The number of hydrogen-bond donors (Lipinski definition) is 1. The molecule has 1 rings (SSSR count). The normalized spacial score (nSPS) is 14.2. The van der Waals surface area contributed by atoms with Crippen LogP contribution in [0.1, 0.15) is 72.3 Å². The Morgan fingerprint density at radius 1 is 1.31 bits per heavy atom. The first-order valence-electron chi connectivity index (χ1n) is 9.56. The zero-order chi connectivity index (χ0) is 19.6. The van der Waals surface area contributed by atoms with Crippen LogP contribution in [0.25, 0.3) is 0 Å². The molecule has 1 aromatic rings. The van der Waals surface area contributed by atoms with Crippen LogP contribution in [-0.4, -0.2) is 24.2 Å². The van der Waals surface area contributed by atoms with E-state index in [1.165, 1.54) is 0 Å². The number of nitrogens with one attached hydrogen (secondary N) is 1. The average Bonchev–Trinajstić information content (AvgIpc) is 2.63. The maximum absolute atomic E-state index is 12.8. The van der Waals surface area contributed by atoms with E-state index >= 15 is 0 Å². The molecule has 1 aromatic carbocycles. The Balaban J connectivity index is 2.93. The Kier molecular flexibility index (Phi) is 9.15. The fourth-order valence-electron chi connectivity index (χ4n) is 2.65. The third kappa shape index (κ3) is 6.34. The lowest BCUT2D eigenvalue weighted by molar-refractivity contribution is -0.139. The number of hydrogen-bond acceptors (Lipinski definition) is 4. The highest BCUT2D eigenvalue weighted by Crippen LogP contribution is 2.26. The van der Waals surface area contributed by atoms with Gasteiger partial charge in [0.1, 0.15) is 17.4 Å². The van der Waals surface area contributed by atoms with Gasteiger partial charge in [-0.2, -0.15) is 5.26 Å². The Labute approximate surface area is 157 Å². The Morgan fingerprint density at radius 3 is 2.62 bits per heavy atom. The molecule has 0 aliphatic carbocycles. The fourth-order valence-corrected chi connectivity index (χ4v) is 2.65. The van der Waals surface area contributed by atoms with Crippen LogP contribution in [0.2, 0.25) is 0 Å². The lowest BCUT2D eigenvalue weighted by Crippen LogP contribution is -2.43. The lowest BCUT2D eigenvalue weighted by atomic mass is 9.96. The average molecular weight is 360 g/mol. The Bertz CT molecular complexity index is 624. The van der Waals surface area contributed by atoms with Gasteiger partial charge in [0.2, 0.25) is 0 Å². The van der Waals surface area contributed by atoms with Crippen molar-refractivity contribution in [1.82, 2.24) is 0 Å². The first-order chi connectivity index (χ1) is 12.4. The van der Waals surface area contributed by atoms with Gasteiger partial charge in [0.05, 0.1) is 17.4 Å². The molecule has 0 saturated carbocycles. The summed E-state index contributed by atoms with van der Waals surface area (Å²) in [6.07, 6.45) is 4.67. The number of carbonyl (C=O) groups excluding carboxylic acids is 1. The minimum Gasteiger partial charge on any atom is -0.491 e. The van der Waals surface area contributed by atoms with E-state index < -0.39 is 5.60 Å². The first-order valence-corrected chi connectivity index (χ1v) is 9.56. The van der Waals surface area contributed by atoms with Crippen molar-refractivity contribution < 1.29 is 14.3 Å². The van der Waals surface area contributed by atoms with E-state index in [-0.39, 0.29) is 12.0 Å². The van der Waals surface area contributed by atoms with Gasteiger partial charge in [-0.3, -0.25) is 4.79 Å². The maximum atomic E-state index is 12.8. The summed E-state index contributed by atoms with van der Waals surface area (Å²) in [5.41, 5.74) is -0.0373. The molecule has 0 saturated heterocycles. The number of nitrogens with zero attached hydrogens (tertiary/aromatic N) is 1. The van der Waals surface area contributed by atoms with Crippen LogP contribution in [0.15, 0.2) is 18.2 Å². The minimum absolute atomic E-state index is 0.0711. The van der Waals surface area contributed by atoms with E-state index in [9.17, 15) is 10.1 Å². The van der Waals surface area contributed by atoms with Crippen molar-refractivity contribution in [1.29, 1.82) is 5.26 Å². The van der Waals surface area contributed by atoms with Crippen molar-refractivity contribution in [3.05, 3.63) is 23.8 Å². The molecule has 1 N–H and O–H groups in total. The standard InChI is InChI=1S/C21H32N2O3/c1-6-9-10-13-21(5,25-8-3)20(24)23-19-12-11-18(14-17(19)15-22)26-16(4)7-2/h11-12,14,16H,6-10,13H2,1-5H3,(H,23,24)/t16-,21-/m1/s1. The molecule has 0 spiro atoms. The van der Waals surface area contributed by atoms with Crippen molar-refractivity contribution in [2.45, 2.75) is 78.4 Å². The zero-order valence-corrected chi connectivity index (χ0v) is 16.7. The number of amides is 1. The SMILES string of the molecule is CCCCC[C@@](C)(OCC)C(=O)Nc1ccc(O[C@H](C)CC)cc1C#N. The van der Waals surface area contributed by atoms with E-state index in [4.69, 9.17) is 9.47 Å². The smallest absolute Gasteiger partial charge is 0.256 e. The summed E-state index contributed by atoms with van der Waals surface area (Å²) in [4.78, 5) is 12.8. The third-order valence-electron chi connectivity index (χ3n) is 4.47. The summed E-state index contributed by atoms with van der Waals surface area (Å²) >= 11 is 0. The molecule has 0 fully saturated rings. The van der Waals surface area contributed by atoms with Gasteiger partial charge in [-0.1, -0.05) is 33.1 Å². The second-order valence-corrected chi connectivity index (χ2v) is 6.73. The van der Waals surface area contributed by atoms with Crippen LogP contribution in [-0.2, 0) is 9.53 Å². The van der Waals surface area contributed by atoms with Crippen LogP contribution in [0.5, 0.6) is 5.75 Å². The van der Waals surface area contributed by atoms with Crippen molar-refractivity contribution in [2.24, 2.45) is 0 Å². The summed E-state index contributed by atoms with van der Waals surface area (Å²) in [6.45, 7) is 10.3. The fraction of sp³-hybridized carbons (Fsp3) is 0.619. The largest absolute Gasteiger partial charge is 0.491 e. The molecule has 0 unspecified atom stereocenters. The summed E-state index contributed by atoms with van der Waals surface area (Å²) < 4.78 is 11.5. The number of anilines is 1.